The van der Waals surface area contributed by atoms with Gasteiger partial charge in [0, 0.05) is 28.7 Å². The molecule has 0 atom stereocenters. The summed E-state index contributed by atoms with van der Waals surface area (Å²) in [4.78, 5) is 0. The van der Waals surface area contributed by atoms with Crippen molar-refractivity contribution < 1.29 is 17.2 Å². The van der Waals surface area contributed by atoms with Gasteiger partial charge in [-0.25, -0.2) is 17.2 Å². The molecule has 0 aliphatic carbocycles. The summed E-state index contributed by atoms with van der Waals surface area (Å²) in [7, 11) is -1.76. The van der Waals surface area contributed by atoms with E-state index in [0.29, 0.717) is 9.99 Å². The first-order valence-corrected chi connectivity index (χ1v) is 8.16. The van der Waals surface area contributed by atoms with Crippen molar-refractivity contribution in [2.24, 2.45) is 7.05 Å². The molecule has 19 heavy (non-hydrogen) atoms. The Balaban J connectivity index is 2.82. The lowest BCUT2D eigenvalue weighted by Crippen LogP contribution is -2.03. The summed E-state index contributed by atoms with van der Waals surface area (Å²) in [5, 5.41) is 4.26. The van der Waals surface area contributed by atoms with E-state index in [9.17, 15) is 17.2 Å². The number of halogens is 3. The van der Waals surface area contributed by atoms with E-state index < -0.39 is 16.3 Å². The normalized spacial score (nSPS) is 12.5. The lowest BCUT2D eigenvalue weighted by Gasteiger charge is -2.05. The predicted octanol–water partition coefficient (Wildman–Crippen LogP) is 2.82. The maximum Gasteiger partial charge on any atom is 0.264 e. The molecule has 2 aromatic rings. The van der Waals surface area contributed by atoms with Gasteiger partial charge >= 0.3 is 0 Å². The Labute approximate surface area is 117 Å². The molecule has 2 rings (SSSR count). The van der Waals surface area contributed by atoms with E-state index in [1.54, 1.807) is 7.05 Å². The summed E-state index contributed by atoms with van der Waals surface area (Å²) in [5.74, 6) is -0.361. The molecule has 0 bridgehead atoms. The number of hydrogen-bond acceptors (Lipinski definition) is 3. The zero-order valence-corrected chi connectivity index (χ0v) is 12.6. The third kappa shape index (κ3) is 2.79. The fourth-order valence-corrected chi connectivity index (χ4v) is 3.30. The second-order valence-corrected chi connectivity index (χ2v) is 7.30. The van der Waals surface area contributed by atoms with Gasteiger partial charge in [-0.15, -0.1) is 0 Å². The molecule has 1 aromatic heterocycles. The lowest BCUT2D eigenvalue weighted by atomic mass is 10.1. The Morgan fingerprint density at radius 2 is 2.05 bits per heavy atom. The molecule has 4 nitrogen and oxygen atoms in total. The monoisotopic (exact) mass is 352 g/mol. The van der Waals surface area contributed by atoms with Gasteiger partial charge in [0.25, 0.3) is 6.43 Å². The fourth-order valence-electron chi connectivity index (χ4n) is 2.01. The minimum Gasteiger partial charge on any atom is -0.266 e. The van der Waals surface area contributed by atoms with E-state index in [4.69, 9.17) is 0 Å². The van der Waals surface area contributed by atoms with Gasteiger partial charge in [0.2, 0.25) is 0 Å². The number of fused-ring (bicyclic) bond motifs is 1. The maximum absolute atomic E-state index is 13.0. The Morgan fingerprint density at radius 1 is 1.42 bits per heavy atom. The van der Waals surface area contributed by atoms with Crippen molar-refractivity contribution in [3.63, 3.8) is 0 Å². The van der Waals surface area contributed by atoms with Gasteiger partial charge in [-0.3, -0.25) is 4.68 Å². The highest BCUT2D eigenvalue weighted by molar-refractivity contribution is 9.10. The first-order valence-electron chi connectivity index (χ1n) is 5.30. The second-order valence-electron chi connectivity index (χ2n) is 4.30. The van der Waals surface area contributed by atoms with Crippen LogP contribution < -0.4 is 0 Å². The van der Waals surface area contributed by atoms with Crippen LogP contribution >= 0.6 is 15.9 Å². The number of sulfone groups is 1. The third-order valence-corrected chi connectivity index (χ3v) is 4.12. The summed E-state index contributed by atoms with van der Waals surface area (Å²) >= 11 is 3.27. The molecule has 104 valence electrons. The van der Waals surface area contributed by atoms with E-state index in [2.05, 4.69) is 21.0 Å². The van der Waals surface area contributed by atoms with Gasteiger partial charge in [0.1, 0.15) is 0 Å². The minimum absolute atomic E-state index is 0.150. The average Bonchev–Trinajstić information content (AvgIpc) is 2.54. The van der Waals surface area contributed by atoms with Crippen molar-refractivity contribution in [1.82, 2.24) is 9.78 Å². The summed E-state index contributed by atoms with van der Waals surface area (Å²) in [6.07, 6.45) is -1.63. The molecular formula is C11H11BrF2N2O2S. The van der Waals surface area contributed by atoms with Crippen LogP contribution in [0.4, 0.5) is 8.78 Å². The summed E-state index contributed by atoms with van der Waals surface area (Å²) < 4.78 is 50.8. The first-order chi connectivity index (χ1) is 8.70. The third-order valence-electron chi connectivity index (χ3n) is 2.68. The summed E-state index contributed by atoms with van der Waals surface area (Å²) in [5.41, 5.74) is 0.415. The van der Waals surface area contributed by atoms with E-state index in [0.717, 1.165) is 6.26 Å². The summed E-state index contributed by atoms with van der Waals surface area (Å²) in [6, 6.07) is 2.79. The molecule has 0 aliphatic rings. The molecule has 0 unspecified atom stereocenters. The van der Waals surface area contributed by atoms with Crippen molar-refractivity contribution in [3.8, 4) is 0 Å². The molecular weight excluding hydrogens is 342 g/mol. The van der Waals surface area contributed by atoms with Crippen molar-refractivity contribution in [2.75, 3.05) is 6.26 Å². The molecule has 0 spiro atoms. The zero-order chi connectivity index (χ0) is 14.4. The molecule has 0 N–H and O–H groups in total. The highest BCUT2D eigenvalue weighted by Crippen LogP contribution is 2.34. The standard InChI is InChI=1S/C11H11BrF2N2O2S/c1-16-10-7(12)4-3-6(11(13)14)9(10)8(15-16)5-19(2,17)18/h3-4,11H,5H2,1-2H3. The van der Waals surface area contributed by atoms with Gasteiger partial charge in [0.15, 0.2) is 9.84 Å². The lowest BCUT2D eigenvalue weighted by molar-refractivity contribution is 0.153. The van der Waals surface area contributed by atoms with Crippen molar-refractivity contribution in [2.45, 2.75) is 12.2 Å². The quantitative estimate of drug-likeness (QED) is 0.853. The SMILES string of the molecule is Cn1nc(CS(C)(=O)=O)c2c(C(F)F)ccc(Br)c21. The van der Waals surface area contributed by atoms with Crippen LogP contribution in [0.1, 0.15) is 17.7 Å². The number of aromatic nitrogens is 2. The highest BCUT2D eigenvalue weighted by atomic mass is 79.9. The van der Waals surface area contributed by atoms with Crippen LogP contribution in [0, 0.1) is 0 Å². The van der Waals surface area contributed by atoms with Crippen LogP contribution in [0.3, 0.4) is 0 Å². The van der Waals surface area contributed by atoms with E-state index >= 15 is 0 Å². The topological polar surface area (TPSA) is 52.0 Å². The Bertz CT molecular complexity index is 741. The number of alkyl halides is 2. The average molecular weight is 353 g/mol. The Kier molecular flexibility index (Phi) is 3.65. The van der Waals surface area contributed by atoms with Gasteiger partial charge < -0.3 is 0 Å². The van der Waals surface area contributed by atoms with E-state index in [1.807, 2.05) is 0 Å². The smallest absolute Gasteiger partial charge is 0.264 e. The van der Waals surface area contributed by atoms with Gasteiger partial charge in [-0.2, -0.15) is 5.10 Å². The molecule has 0 saturated heterocycles. The number of aryl methyl sites for hydroxylation is 1. The Morgan fingerprint density at radius 3 is 2.58 bits per heavy atom. The van der Waals surface area contributed by atoms with Crippen LogP contribution in [0.15, 0.2) is 16.6 Å². The van der Waals surface area contributed by atoms with Crippen LogP contribution in [-0.2, 0) is 22.6 Å². The number of benzene rings is 1. The van der Waals surface area contributed by atoms with Crippen LogP contribution in [0.5, 0.6) is 0 Å². The minimum atomic E-state index is -3.35. The molecule has 0 aliphatic heterocycles. The number of nitrogens with zero attached hydrogens (tertiary/aromatic N) is 2. The fraction of sp³-hybridized carbons (Fsp3) is 0.364. The molecule has 0 fully saturated rings. The van der Waals surface area contributed by atoms with Crippen LogP contribution in [0.25, 0.3) is 10.9 Å². The van der Waals surface area contributed by atoms with Crippen LogP contribution in [0.2, 0.25) is 0 Å². The molecule has 0 radical (unpaired) electrons. The Hall–Kier alpha value is -1.02. The zero-order valence-electron chi connectivity index (χ0n) is 10.2. The van der Waals surface area contributed by atoms with Gasteiger partial charge in [-0.05, 0) is 22.0 Å². The van der Waals surface area contributed by atoms with Gasteiger partial charge in [0.05, 0.1) is 17.0 Å². The van der Waals surface area contributed by atoms with Crippen molar-refractivity contribution in [1.29, 1.82) is 0 Å². The largest absolute Gasteiger partial charge is 0.266 e. The molecule has 1 aromatic carbocycles. The van der Waals surface area contributed by atoms with Crippen LogP contribution in [-0.4, -0.2) is 24.5 Å². The first kappa shape index (κ1) is 14.4. The number of rotatable bonds is 3. The molecule has 0 saturated carbocycles. The molecule has 8 heteroatoms. The van der Waals surface area contributed by atoms with Crippen molar-refractivity contribution in [3.05, 3.63) is 27.9 Å². The highest BCUT2D eigenvalue weighted by Gasteiger charge is 2.22. The van der Waals surface area contributed by atoms with Crippen molar-refractivity contribution >= 4 is 36.7 Å². The van der Waals surface area contributed by atoms with E-state index in [-0.39, 0.29) is 22.4 Å². The predicted molar refractivity (Wildman–Crippen MR) is 71.9 cm³/mol. The molecule has 0 amide bonds. The molecule has 1 heterocycles. The second kappa shape index (κ2) is 4.82. The van der Waals surface area contributed by atoms with Gasteiger partial charge in [-0.1, -0.05) is 6.07 Å². The van der Waals surface area contributed by atoms with E-state index in [1.165, 1.54) is 16.8 Å². The number of hydrogen-bond donors (Lipinski definition) is 0. The summed E-state index contributed by atoms with van der Waals surface area (Å²) in [6.45, 7) is 0. The maximum atomic E-state index is 13.0.